The second-order valence-corrected chi connectivity index (χ2v) is 13.6. The number of hydrogen-bond donors (Lipinski definition) is 0. The van der Waals surface area contributed by atoms with Crippen molar-refractivity contribution >= 4 is 53.9 Å². The molecule has 0 fully saturated rings. The molecule has 1 aliphatic heterocycles. The van der Waals surface area contributed by atoms with Gasteiger partial charge in [-0.05, 0) is 118 Å². The second-order valence-electron chi connectivity index (χ2n) is 13.6. The normalized spacial score (nSPS) is 12.1. The van der Waals surface area contributed by atoms with Crippen LogP contribution in [0.25, 0.3) is 98.4 Å². The Kier molecular flexibility index (Phi) is 6.02. The maximum Gasteiger partial charge on any atom is 0.135 e. The Morgan fingerprint density at radius 3 is 1.86 bits per heavy atom. The lowest BCUT2D eigenvalue weighted by Gasteiger charge is -2.23. The smallest absolute Gasteiger partial charge is 0.135 e. The van der Waals surface area contributed by atoms with Gasteiger partial charge in [-0.25, -0.2) is 0 Å². The van der Waals surface area contributed by atoms with Crippen molar-refractivity contribution < 1.29 is 4.74 Å². The molecule has 0 radical (unpaired) electrons. The van der Waals surface area contributed by atoms with Gasteiger partial charge in [0.05, 0.1) is 0 Å². The topological polar surface area (TPSA) is 9.23 Å². The van der Waals surface area contributed by atoms with Gasteiger partial charge in [-0.15, -0.1) is 0 Å². The molecule has 0 saturated heterocycles. The summed E-state index contributed by atoms with van der Waals surface area (Å²) in [5.41, 5.74) is 9.68. The summed E-state index contributed by atoms with van der Waals surface area (Å²) < 4.78 is 6.57. The van der Waals surface area contributed by atoms with Crippen LogP contribution in [0.4, 0.5) is 0 Å². The molecule has 10 aromatic rings. The molecular weight excluding hydrogens is 617 g/mol. The monoisotopic (exact) mass is 646 g/mol. The Bertz CT molecular complexity index is 3040. The number of benzene rings is 10. The Balaban J connectivity index is 1.08. The number of rotatable bonds is 3. The van der Waals surface area contributed by atoms with E-state index < -0.39 is 0 Å². The van der Waals surface area contributed by atoms with Crippen LogP contribution in [0.3, 0.4) is 0 Å². The third-order valence-electron chi connectivity index (χ3n) is 10.8. The standard InChI is InChI=1S/C50H30O/c1-2-10-31(11-3-1)38-25-27-47-49-42(38)18-9-19-44(49)45-30-34(23-26-46(45)51-47)33-22-24-39-35(28-33)14-8-17-43(39)50-41-16-7-5-13-36(41)29-37-21-20-32-12-4-6-15-40(32)48(37)50/h1-30H. The van der Waals surface area contributed by atoms with Crippen LogP contribution in [-0.2, 0) is 0 Å². The molecule has 10 aromatic carbocycles. The Morgan fingerprint density at radius 1 is 0.275 bits per heavy atom. The third-order valence-corrected chi connectivity index (χ3v) is 10.8. The lowest BCUT2D eigenvalue weighted by atomic mass is 9.86. The van der Waals surface area contributed by atoms with Gasteiger partial charge in [0, 0.05) is 10.9 Å². The van der Waals surface area contributed by atoms with Gasteiger partial charge in [-0.3, -0.25) is 0 Å². The molecule has 236 valence electrons. The first-order chi connectivity index (χ1) is 25.3. The van der Waals surface area contributed by atoms with Crippen LogP contribution in [0.1, 0.15) is 0 Å². The van der Waals surface area contributed by atoms with E-state index in [-0.39, 0.29) is 0 Å². The summed E-state index contributed by atoms with van der Waals surface area (Å²) in [5, 5.41) is 12.5. The molecule has 0 atom stereocenters. The highest BCUT2D eigenvalue weighted by molar-refractivity contribution is 6.24. The van der Waals surface area contributed by atoms with Crippen molar-refractivity contribution in [1.29, 1.82) is 0 Å². The minimum Gasteiger partial charge on any atom is -0.456 e. The zero-order valence-corrected chi connectivity index (χ0v) is 27.7. The predicted octanol–water partition coefficient (Wildman–Crippen LogP) is 14.2. The SMILES string of the molecule is c1ccc(-c2ccc3c4c(cccc24)-c2cc(-c4ccc5c(-c6c7ccccc7cc7ccc8ccccc8c67)cccc5c4)ccc2O3)cc1. The number of ether oxygens (including phenoxy) is 1. The Hall–Kier alpha value is -6.70. The molecule has 0 unspecified atom stereocenters. The summed E-state index contributed by atoms with van der Waals surface area (Å²) in [6, 6.07) is 66.3. The largest absolute Gasteiger partial charge is 0.456 e. The van der Waals surface area contributed by atoms with E-state index in [1.165, 1.54) is 92.8 Å². The highest BCUT2D eigenvalue weighted by atomic mass is 16.5. The second kappa shape index (κ2) is 10.9. The van der Waals surface area contributed by atoms with E-state index in [2.05, 4.69) is 182 Å². The quantitative estimate of drug-likeness (QED) is 0.137. The summed E-state index contributed by atoms with van der Waals surface area (Å²) in [4.78, 5) is 0. The predicted molar refractivity (Wildman–Crippen MR) is 216 cm³/mol. The van der Waals surface area contributed by atoms with Gasteiger partial charge in [-0.2, -0.15) is 0 Å². The molecule has 1 nitrogen and oxygen atoms in total. The van der Waals surface area contributed by atoms with Crippen molar-refractivity contribution in [3.63, 3.8) is 0 Å². The summed E-state index contributed by atoms with van der Waals surface area (Å²) in [6.45, 7) is 0. The van der Waals surface area contributed by atoms with E-state index in [4.69, 9.17) is 4.74 Å². The van der Waals surface area contributed by atoms with Crippen molar-refractivity contribution in [3.05, 3.63) is 182 Å². The Morgan fingerprint density at radius 2 is 0.941 bits per heavy atom. The van der Waals surface area contributed by atoms with Gasteiger partial charge in [0.2, 0.25) is 0 Å². The zero-order valence-electron chi connectivity index (χ0n) is 27.7. The molecule has 0 spiro atoms. The van der Waals surface area contributed by atoms with Gasteiger partial charge < -0.3 is 4.74 Å². The van der Waals surface area contributed by atoms with Crippen molar-refractivity contribution in [1.82, 2.24) is 0 Å². The molecule has 0 bridgehead atoms. The van der Waals surface area contributed by atoms with Gasteiger partial charge in [0.1, 0.15) is 11.5 Å². The highest BCUT2D eigenvalue weighted by Gasteiger charge is 2.22. The molecule has 51 heavy (non-hydrogen) atoms. The van der Waals surface area contributed by atoms with Crippen molar-refractivity contribution in [3.8, 4) is 56.0 Å². The van der Waals surface area contributed by atoms with E-state index in [0.29, 0.717) is 0 Å². The van der Waals surface area contributed by atoms with Crippen molar-refractivity contribution in [2.45, 2.75) is 0 Å². The zero-order chi connectivity index (χ0) is 33.5. The molecule has 1 heterocycles. The fourth-order valence-electron chi connectivity index (χ4n) is 8.48. The van der Waals surface area contributed by atoms with Gasteiger partial charge in [0.15, 0.2) is 0 Å². The van der Waals surface area contributed by atoms with Gasteiger partial charge in [-0.1, -0.05) is 152 Å². The van der Waals surface area contributed by atoms with Crippen molar-refractivity contribution in [2.24, 2.45) is 0 Å². The van der Waals surface area contributed by atoms with E-state index in [1.807, 2.05) is 0 Å². The average molecular weight is 647 g/mol. The molecule has 0 aliphatic carbocycles. The van der Waals surface area contributed by atoms with Crippen LogP contribution >= 0.6 is 0 Å². The third kappa shape index (κ3) is 4.28. The maximum atomic E-state index is 6.57. The summed E-state index contributed by atoms with van der Waals surface area (Å²) >= 11 is 0. The van der Waals surface area contributed by atoms with E-state index >= 15 is 0 Å². The van der Waals surface area contributed by atoms with Crippen LogP contribution in [0.5, 0.6) is 11.5 Å². The van der Waals surface area contributed by atoms with Crippen LogP contribution in [-0.4, -0.2) is 0 Å². The minimum atomic E-state index is 0.893. The van der Waals surface area contributed by atoms with Crippen LogP contribution in [0.15, 0.2) is 182 Å². The summed E-state index contributed by atoms with van der Waals surface area (Å²) in [5.74, 6) is 1.80. The number of hydrogen-bond acceptors (Lipinski definition) is 1. The molecule has 1 heteroatoms. The minimum absolute atomic E-state index is 0.893. The maximum absolute atomic E-state index is 6.57. The molecule has 0 aromatic heterocycles. The van der Waals surface area contributed by atoms with Gasteiger partial charge >= 0.3 is 0 Å². The fraction of sp³-hybridized carbons (Fsp3) is 0. The van der Waals surface area contributed by atoms with Crippen molar-refractivity contribution in [2.75, 3.05) is 0 Å². The van der Waals surface area contributed by atoms with E-state index in [0.717, 1.165) is 17.1 Å². The molecule has 0 saturated carbocycles. The molecule has 1 aliphatic rings. The molecule has 0 N–H and O–H groups in total. The lowest BCUT2D eigenvalue weighted by molar-refractivity contribution is 0.487. The first-order valence-corrected chi connectivity index (χ1v) is 17.6. The molecule has 11 rings (SSSR count). The molecular formula is C50H30O. The van der Waals surface area contributed by atoms with Crippen LogP contribution in [0.2, 0.25) is 0 Å². The highest BCUT2D eigenvalue weighted by Crippen LogP contribution is 2.50. The first-order valence-electron chi connectivity index (χ1n) is 17.6. The molecule has 0 amide bonds. The number of fused-ring (bicyclic) bond motifs is 7. The van der Waals surface area contributed by atoms with E-state index in [9.17, 15) is 0 Å². The van der Waals surface area contributed by atoms with Crippen LogP contribution < -0.4 is 4.74 Å². The van der Waals surface area contributed by atoms with Gasteiger partial charge in [0.25, 0.3) is 0 Å². The lowest BCUT2D eigenvalue weighted by Crippen LogP contribution is -1.98. The van der Waals surface area contributed by atoms with E-state index in [1.54, 1.807) is 0 Å². The Labute approximate surface area is 295 Å². The first kappa shape index (κ1) is 28.2. The van der Waals surface area contributed by atoms with Crippen LogP contribution in [0, 0.1) is 0 Å². The average Bonchev–Trinajstić information content (AvgIpc) is 3.20. The fourth-order valence-corrected chi connectivity index (χ4v) is 8.48. The summed E-state index contributed by atoms with van der Waals surface area (Å²) in [7, 11) is 0. The summed E-state index contributed by atoms with van der Waals surface area (Å²) in [6.07, 6.45) is 0.